The van der Waals surface area contributed by atoms with E-state index in [0.29, 0.717) is 23.9 Å². The first kappa shape index (κ1) is 13.8. The highest BCUT2D eigenvalue weighted by molar-refractivity contribution is 5.40. The van der Waals surface area contributed by atoms with Crippen molar-refractivity contribution in [2.75, 3.05) is 11.9 Å². The van der Waals surface area contributed by atoms with E-state index in [1.807, 2.05) is 38.1 Å². The van der Waals surface area contributed by atoms with Gasteiger partial charge >= 0.3 is 0 Å². The molecular formula is C15H16N4O. The maximum absolute atomic E-state index is 8.63. The minimum atomic E-state index is 0.400. The van der Waals surface area contributed by atoms with Crippen molar-refractivity contribution in [3.8, 4) is 17.7 Å². The number of hydrogen-bond acceptors (Lipinski definition) is 5. The zero-order valence-electron chi connectivity index (χ0n) is 11.6. The first-order chi connectivity index (χ1) is 9.71. The molecule has 0 saturated heterocycles. The molecule has 1 aromatic carbocycles. The van der Waals surface area contributed by atoms with Crippen LogP contribution in [0.15, 0.2) is 30.3 Å². The Bertz CT molecular complexity index is 617. The van der Waals surface area contributed by atoms with Crippen LogP contribution in [-0.4, -0.2) is 16.5 Å². The Morgan fingerprint density at radius 1 is 1.25 bits per heavy atom. The molecule has 0 atom stereocenters. The number of aryl methyl sites for hydroxylation is 1. The number of rotatable bonds is 5. The summed E-state index contributed by atoms with van der Waals surface area (Å²) in [4.78, 5) is 8.51. The quantitative estimate of drug-likeness (QED) is 0.902. The second kappa shape index (κ2) is 6.53. The summed E-state index contributed by atoms with van der Waals surface area (Å²) in [5, 5.41) is 11.8. The van der Waals surface area contributed by atoms with Crippen molar-refractivity contribution in [1.82, 2.24) is 9.97 Å². The van der Waals surface area contributed by atoms with Crippen LogP contribution >= 0.6 is 0 Å². The van der Waals surface area contributed by atoms with E-state index in [2.05, 4.69) is 21.4 Å². The molecular weight excluding hydrogens is 252 g/mol. The second-order valence-corrected chi connectivity index (χ2v) is 4.25. The van der Waals surface area contributed by atoms with Gasteiger partial charge in [0.1, 0.15) is 17.4 Å². The Hall–Kier alpha value is -2.61. The molecule has 0 amide bonds. The van der Waals surface area contributed by atoms with Gasteiger partial charge in [0.05, 0.1) is 12.5 Å². The molecule has 102 valence electrons. The molecule has 0 aliphatic carbocycles. The highest BCUT2D eigenvalue weighted by Gasteiger charge is 2.04. The van der Waals surface area contributed by atoms with Crippen LogP contribution in [0.3, 0.4) is 0 Å². The Morgan fingerprint density at radius 3 is 2.65 bits per heavy atom. The van der Waals surface area contributed by atoms with Crippen LogP contribution in [0, 0.1) is 18.3 Å². The van der Waals surface area contributed by atoms with E-state index in [1.54, 1.807) is 6.07 Å². The summed E-state index contributed by atoms with van der Waals surface area (Å²) in [5.41, 5.74) is 0.965. The topological polar surface area (TPSA) is 70.8 Å². The van der Waals surface area contributed by atoms with Crippen molar-refractivity contribution < 1.29 is 4.74 Å². The number of benzene rings is 1. The average Bonchev–Trinajstić information content (AvgIpc) is 2.41. The number of anilines is 1. The van der Waals surface area contributed by atoms with Crippen molar-refractivity contribution in [1.29, 1.82) is 5.26 Å². The summed E-state index contributed by atoms with van der Waals surface area (Å²) in [6.07, 6.45) is 0.400. The van der Waals surface area contributed by atoms with Crippen LogP contribution in [0.1, 0.15) is 18.3 Å². The Balaban J connectivity index is 2.14. The normalized spacial score (nSPS) is 9.85. The molecule has 0 unspecified atom stereocenters. The monoisotopic (exact) mass is 268 g/mol. The average molecular weight is 268 g/mol. The lowest BCUT2D eigenvalue weighted by Gasteiger charge is -2.08. The van der Waals surface area contributed by atoms with Crippen molar-refractivity contribution >= 4 is 5.82 Å². The van der Waals surface area contributed by atoms with E-state index in [0.717, 1.165) is 17.9 Å². The molecule has 0 spiro atoms. The molecule has 5 nitrogen and oxygen atoms in total. The van der Waals surface area contributed by atoms with Crippen LogP contribution in [0.5, 0.6) is 11.6 Å². The van der Waals surface area contributed by atoms with Gasteiger partial charge < -0.3 is 10.1 Å². The zero-order valence-corrected chi connectivity index (χ0v) is 11.6. The van der Waals surface area contributed by atoms with Gasteiger partial charge in [0.2, 0.25) is 5.88 Å². The van der Waals surface area contributed by atoms with Crippen molar-refractivity contribution in [2.24, 2.45) is 0 Å². The Kier molecular flexibility index (Phi) is 4.51. The molecule has 2 rings (SSSR count). The van der Waals surface area contributed by atoms with Gasteiger partial charge in [0.25, 0.3) is 0 Å². The molecule has 0 aliphatic rings. The minimum absolute atomic E-state index is 0.400. The van der Waals surface area contributed by atoms with E-state index in [1.165, 1.54) is 0 Å². The third-order valence-electron chi connectivity index (χ3n) is 2.60. The largest absolute Gasteiger partial charge is 0.439 e. The van der Waals surface area contributed by atoms with Gasteiger partial charge in [-0.05, 0) is 31.5 Å². The van der Waals surface area contributed by atoms with Crippen LogP contribution in [0.2, 0.25) is 0 Å². The van der Waals surface area contributed by atoms with Crippen molar-refractivity contribution in [2.45, 2.75) is 20.3 Å². The molecule has 1 heterocycles. The highest BCUT2D eigenvalue weighted by Crippen LogP contribution is 2.22. The molecule has 0 bridgehead atoms. The van der Waals surface area contributed by atoms with Gasteiger partial charge in [-0.3, -0.25) is 0 Å². The van der Waals surface area contributed by atoms with E-state index in [4.69, 9.17) is 10.00 Å². The van der Waals surface area contributed by atoms with Gasteiger partial charge in [0.15, 0.2) is 0 Å². The smallest absolute Gasteiger partial charge is 0.224 e. The molecule has 1 N–H and O–H groups in total. The van der Waals surface area contributed by atoms with Crippen molar-refractivity contribution in [3.05, 3.63) is 41.7 Å². The van der Waals surface area contributed by atoms with Gasteiger partial charge in [-0.2, -0.15) is 10.2 Å². The predicted molar refractivity (Wildman–Crippen MR) is 76.8 cm³/mol. The lowest BCUT2D eigenvalue weighted by molar-refractivity contribution is 0.460. The molecule has 20 heavy (non-hydrogen) atoms. The number of aromatic nitrogens is 2. The lowest BCUT2D eigenvalue weighted by atomic mass is 10.2. The SMILES string of the molecule is CCNc1cc(Oc2ccc(CC#N)cc2)nc(C)n1. The summed E-state index contributed by atoms with van der Waals surface area (Å²) in [6, 6.07) is 11.3. The van der Waals surface area contributed by atoms with E-state index in [-0.39, 0.29) is 0 Å². The van der Waals surface area contributed by atoms with E-state index < -0.39 is 0 Å². The molecule has 0 saturated carbocycles. The number of nitriles is 1. The summed E-state index contributed by atoms with van der Waals surface area (Å²) in [7, 11) is 0. The molecule has 0 aliphatic heterocycles. The second-order valence-electron chi connectivity index (χ2n) is 4.25. The first-order valence-corrected chi connectivity index (χ1v) is 6.44. The number of hydrogen-bond donors (Lipinski definition) is 1. The summed E-state index contributed by atoms with van der Waals surface area (Å²) in [6.45, 7) is 4.62. The summed E-state index contributed by atoms with van der Waals surface area (Å²) in [5.74, 6) is 2.59. The molecule has 5 heteroatoms. The zero-order chi connectivity index (χ0) is 14.4. The molecule has 0 radical (unpaired) electrons. The van der Waals surface area contributed by atoms with E-state index >= 15 is 0 Å². The lowest BCUT2D eigenvalue weighted by Crippen LogP contribution is -2.02. The van der Waals surface area contributed by atoms with Gasteiger partial charge in [0, 0.05) is 12.6 Å². The highest BCUT2D eigenvalue weighted by atomic mass is 16.5. The fraction of sp³-hybridized carbons (Fsp3) is 0.267. The van der Waals surface area contributed by atoms with Gasteiger partial charge in [-0.1, -0.05) is 12.1 Å². The van der Waals surface area contributed by atoms with Crippen LogP contribution < -0.4 is 10.1 Å². The van der Waals surface area contributed by atoms with Gasteiger partial charge in [-0.15, -0.1) is 0 Å². The Morgan fingerprint density at radius 2 is 2.00 bits per heavy atom. The number of nitrogens with zero attached hydrogens (tertiary/aromatic N) is 3. The minimum Gasteiger partial charge on any atom is -0.439 e. The first-order valence-electron chi connectivity index (χ1n) is 6.44. The summed E-state index contributed by atoms with van der Waals surface area (Å²) < 4.78 is 5.71. The number of nitrogens with one attached hydrogen (secondary N) is 1. The fourth-order valence-electron chi connectivity index (χ4n) is 1.75. The number of ether oxygens (including phenoxy) is 1. The van der Waals surface area contributed by atoms with E-state index in [9.17, 15) is 0 Å². The molecule has 0 fully saturated rings. The van der Waals surface area contributed by atoms with Crippen LogP contribution in [0.25, 0.3) is 0 Å². The standard InChI is InChI=1S/C15H16N4O/c1-3-17-14-10-15(19-11(2)18-14)20-13-6-4-12(5-7-13)8-9-16/h4-7,10H,3,8H2,1-2H3,(H,17,18,19). The van der Waals surface area contributed by atoms with Crippen molar-refractivity contribution in [3.63, 3.8) is 0 Å². The van der Waals surface area contributed by atoms with Gasteiger partial charge in [-0.25, -0.2) is 4.98 Å². The van der Waals surface area contributed by atoms with Crippen LogP contribution in [-0.2, 0) is 6.42 Å². The molecule has 1 aromatic heterocycles. The molecule has 2 aromatic rings. The maximum Gasteiger partial charge on any atom is 0.224 e. The Labute approximate surface area is 118 Å². The predicted octanol–water partition coefficient (Wildman–Crippen LogP) is 3.08. The van der Waals surface area contributed by atoms with Crippen LogP contribution in [0.4, 0.5) is 5.82 Å². The fourth-order valence-corrected chi connectivity index (χ4v) is 1.75. The summed E-state index contributed by atoms with van der Waals surface area (Å²) >= 11 is 0. The third kappa shape index (κ3) is 3.69. The third-order valence-corrected chi connectivity index (χ3v) is 2.60. The maximum atomic E-state index is 8.63.